The summed E-state index contributed by atoms with van der Waals surface area (Å²) in [6, 6.07) is 21.2. The fourth-order valence-corrected chi connectivity index (χ4v) is 3.54. The highest BCUT2D eigenvalue weighted by atomic mass is 16.5. The number of anilines is 1. The molecule has 3 aromatic carbocycles. The topological polar surface area (TPSA) is 90.3 Å². The number of fused-ring (bicyclic) bond motifs is 1. The molecule has 1 aromatic heterocycles. The van der Waals surface area contributed by atoms with E-state index in [0.717, 1.165) is 11.1 Å². The second kappa shape index (κ2) is 9.08. The quantitative estimate of drug-likeness (QED) is 0.469. The van der Waals surface area contributed by atoms with Crippen molar-refractivity contribution in [3.8, 4) is 5.69 Å². The van der Waals surface area contributed by atoms with Crippen molar-refractivity contribution in [2.75, 3.05) is 5.32 Å². The molecule has 0 spiro atoms. The Morgan fingerprint density at radius 3 is 2.30 bits per heavy atom. The summed E-state index contributed by atoms with van der Waals surface area (Å²) in [6.45, 7) is 5.35. The van der Waals surface area contributed by atoms with Gasteiger partial charge >= 0.3 is 5.97 Å². The van der Waals surface area contributed by atoms with Gasteiger partial charge in [0.2, 0.25) is 0 Å². The molecule has 0 radical (unpaired) electrons. The molecule has 1 heterocycles. The molecule has 0 bridgehead atoms. The highest BCUT2D eigenvalue weighted by Gasteiger charge is 2.24. The number of nitrogens with zero attached hydrogens (tertiary/aromatic N) is 2. The van der Waals surface area contributed by atoms with Crippen molar-refractivity contribution in [3.05, 3.63) is 100.0 Å². The first-order valence-corrected chi connectivity index (χ1v) is 10.5. The van der Waals surface area contributed by atoms with Crippen molar-refractivity contribution in [3.63, 3.8) is 0 Å². The number of esters is 1. The summed E-state index contributed by atoms with van der Waals surface area (Å²) in [4.78, 5) is 38.7. The monoisotopic (exact) mass is 441 g/mol. The Bertz CT molecular complexity index is 1410. The number of carbonyl (C=O) groups is 2. The van der Waals surface area contributed by atoms with Crippen LogP contribution in [0.1, 0.15) is 28.5 Å². The molecule has 1 N–H and O–H groups in total. The normalized spacial score (nSPS) is 11.7. The summed E-state index contributed by atoms with van der Waals surface area (Å²) in [5, 5.41) is 7.77. The minimum absolute atomic E-state index is 0.0415. The van der Waals surface area contributed by atoms with Gasteiger partial charge in [-0.05, 0) is 50.6 Å². The second-order valence-electron chi connectivity index (χ2n) is 7.80. The second-order valence-corrected chi connectivity index (χ2v) is 7.80. The van der Waals surface area contributed by atoms with Gasteiger partial charge in [-0.25, -0.2) is 4.79 Å². The van der Waals surface area contributed by atoms with E-state index in [-0.39, 0.29) is 11.3 Å². The summed E-state index contributed by atoms with van der Waals surface area (Å²) >= 11 is 0. The lowest BCUT2D eigenvalue weighted by Crippen LogP contribution is -2.32. The predicted octanol–water partition coefficient (Wildman–Crippen LogP) is 4.19. The molecule has 7 heteroatoms. The summed E-state index contributed by atoms with van der Waals surface area (Å²) in [5.74, 6) is -1.25. The largest absolute Gasteiger partial charge is 0.448 e. The van der Waals surface area contributed by atoms with Crippen LogP contribution in [0.15, 0.2) is 77.6 Å². The van der Waals surface area contributed by atoms with Crippen LogP contribution in [0.2, 0.25) is 0 Å². The van der Waals surface area contributed by atoms with Crippen LogP contribution >= 0.6 is 0 Å². The Hall–Kier alpha value is -4.26. The third-order valence-corrected chi connectivity index (χ3v) is 5.29. The Balaban J connectivity index is 1.64. The molecule has 166 valence electrons. The van der Waals surface area contributed by atoms with Gasteiger partial charge in [-0.1, -0.05) is 54.1 Å². The van der Waals surface area contributed by atoms with Gasteiger partial charge in [0.05, 0.1) is 11.1 Å². The number of aromatic nitrogens is 2. The van der Waals surface area contributed by atoms with Gasteiger partial charge in [0.1, 0.15) is 0 Å². The van der Waals surface area contributed by atoms with Crippen LogP contribution in [0.5, 0.6) is 0 Å². The van der Waals surface area contributed by atoms with Gasteiger partial charge in [0, 0.05) is 11.1 Å². The number of ether oxygens (including phenoxy) is 1. The minimum Gasteiger partial charge on any atom is -0.448 e. The molecular formula is C26H23N3O4. The van der Waals surface area contributed by atoms with Gasteiger partial charge in [0.25, 0.3) is 11.5 Å². The predicted molar refractivity (Wildman–Crippen MR) is 127 cm³/mol. The fraction of sp³-hybridized carbons (Fsp3) is 0.154. The number of amides is 1. The van der Waals surface area contributed by atoms with Crippen molar-refractivity contribution in [1.82, 2.24) is 9.78 Å². The smallest absolute Gasteiger partial charge is 0.360 e. The van der Waals surface area contributed by atoms with Gasteiger partial charge in [-0.15, -0.1) is 0 Å². The van der Waals surface area contributed by atoms with Crippen LogP contribution < -0.4 is 10.9 Å². The first-order valence-electron chi connectivity index (χ1n) is 10.5. The van der Waals surface area contributed by atoms with Crippen molar-refractivity contribution in [2.45, 2.75) is 26.9 Å². The molecule has 0 saturated carbocycles. The molecule has 4 rings (SSSR count). The average Bonchev–Trinajstić information content (AvgIpc) is 2.81. The number of benzene rings is 3. The van der Waals surface area contributed by atoms with Crippen molar-refractivity contribution >= 4 is 28.3 Å². The molecule has 33 heavy (non-hydrogen) atoms. The number of carbonyl (C=O) groups excluding carboxylic acids is 2. The Morgan fingerprint density at radius 2 is 1.61 bits per heavy atom. The molecule has 4 aromatic rings. The molecule has 0 aliphatic carbocycles. The van der Waals surface area contributed by atoms with E-state index in [1.165, 1.54) is 11.6 Å². The maximum Gasteiger partial charge on any atom is 0.360 e. The first kappa shape index (κ1) is 22.0. The Morgan fingerprint density at radius 1 is 0.939 bits per heavy atom. The summed E-state index contributed by atoms with van der Waals surface area (Å²) < 4.78 is 6.61. The van der Waals surface area contributed by atoms with Crippen LogP contribution in [-0.4, -0.2) is 27.8 Å². The van der Waals surface area contributed by atoms with Gasteiger partial charge < -0.3 is 10.1 Å². The van der Waals surface area contributed by atoms with Crippen LogP contribution in [0.4, 0.5) is 5.69 Å². The molecule has 1 unspecified atom stereocenters. The van der Waals surface area contributed by atoms with E-state index >= 15 is 0 Å². The molecule has 0 aliphatic heterocycles. The van der Waals surface area contributed by atoms with E-state index in [9.17, 15) is 14.4 Å². The minimum atomic E-state index is -1.07. The van der Waals surface area contributed by atoms with E-state index in [2.05, 4.69) is 10.4 Å². The SMILES string of the molecule is Cc1ccc(NC(=O)C(C)OC(=O)c2nn(-c3ccccc3)c(=O)c3ccccc23)c(C)c1. The lowest BCUT2D eigenvalue weighted by molar-refractivity contribution is -0.123. The molecule has 0 saturated heterocycles. The van der Waals surface area contributed by atoms with E-state index < -0.39 is 18.0 Å². The number of hydrogen-bond donors (Lipinski definition) is 1. The number of nitrogens with one attached hydrogen (secondary N) is 1. The Kier molecular flexibility index (Phi) is 6.04. The molecular weight excluding hydrogens is 418 g/mol. The van der Waals surface area contributed by atoms with Gasteiger partial charge in [0.15, 0.2) is 11.8 Å². The molecule has 1 amide bonds. The Labute approximate surface area is 190 Å². The van der Waals surface area contributed by atoms with Crippen molar-refractivity contribution < 1.29 is 14.3 Å². The standard InChI is InChI=1S/C26H23N3O4/c1-16-13-14-22(17(2)15-16)27-24(30)18(3)33-26(32)23-20-11-7-8-12-21(20)25(31)29(28-23)19-9-5-4-6-10-19/h4-15,18H,1-3H3,(H,27,30). The van der Waals surface area contributed by atoms with Crippen LogP contribution in [0.25, 0.3) is 16.5 Å². The summed E-state index contributed by atoms with van der Waals surface area (Å²) in [5.41, 5.74) is 2.76. The van der Waals surface area contributed by atoms with E-state index in [0.29, 0.717) is 22.1 Å². The number of hydrogen-bond acceptors (Lipinski definition) is 5. The first-order chi connectivity index (χ1) is 15.8. The average molecular weight is 441 g/mol. The summed E-state index contributed by atoms with van der Waals surface area (Å²) in [7, 11) is 0. The van der Waals surface area contributed by atoms with Crippen LogP contribution in [0, 0.1) is 13.8 Å². The molecule has 7 nitrogen and oxygen atoms in total. The maximum absolute atomic E-state index is 13.1. The highest BCUT2D eigenvalue weighted by molar-refractivity contribution is 6.04. The molecule has 0 fully saturated rings. The molecule has 0 aliphatic rings. The zero-order valence-electron chi connectivity index (χ0n) is 18.5. The van der Waals surface area contributed by atoms with E-state index in [1.807, 2.05) is 38.1 Å². The molecule has 1 atom stereocenters. The van der Waals surface area contributed by atoms with Crippen LogP contribution in [0.3, 0.4) is 0 Å². The van der Waals surface area contributed by atoms with Crippen molar-refractivity contribution in [2.24, 2.45) is 0 Å². The third kappa shape index (κ3) is 4.52. The van der Waals surface area contributed by atoms with Gasteiger partial charge in [-0.3, -0.25) is 9.59 Å². The maximum atomic E-state index is 13.1. The van der Waals surface area contributed by atoms with E-state index in [4.69, 9.17) is 4.74 Å². The fourth-order valence-electron chi connectivity index (χ4n) is 3.54. The highest BCUT2D eigenvalue weighted by Crippen LogP contribution is 2.19. The number of rotatable bonds is 5. The van der Waals surface area contributed by atoms with Crippen molar-refractivity contribution in [1.29, 1.82) is 0 Å². The lowest BCUT2D eigenvalue weighted by atomic mass is 10.1. The zero-order chi connectivity index (χ0) is 23.5. The van der Waals surface area contributed by atoms with Gasteiger partial charge in [-0.2, -0.15) is 9.78 Å². The number of para-hydroxylation sites is 1. The number of aryl methyl sites for hydroxylation is 2. The van der Waals surface area contributed by atoms with E-state index in [1.54, 1.807) is 48.5 Å². The van der Waals surface area contributed by atoms with Crippen LogP contribution in [-0.2, 0) is 9.53 Å². The lowest BCUT2D eigenvalue weighted by Gasteiger charge is -2.16. The third-order valence-electron chi connectivity index (χ3n) is 5.29. The zero-order valence-corrected chi connectivity index (χ0v) is 18.5. The summed E-state index contributed by atoms with van der Waals surface area (Å²) in [6.07, 6.45) is -1.07.